The van der Waals surface area contributed by atoms with E-state index in [4.69, 9.17) is 4.98 Å². The summed E-state index contributed by atoms with van der Waals surface area (Å²) in [6.45, 7) is 5.49. The van der Waals surface area contributed by atoms with Crippen molar-refractivity contribution in [3.63, 3.8) is 0 Å². The summed E-state index contributed by atoms with van der Waals surface area (Å²) in [6, 6.07) is 9.51. The van der Waals surface area contributed by atoms with Crippen LogP contribution in [0.1, 0.15) is 69.2 Å². The molecule has 2 aliphatic carbocycles. The van der Waals surface area contributed by atoms with Crippen LogP contribution >= 0.6 is 0 Å². The van der Waals surface area contributed by atoms with Crippen LogP contribution in [0, 0.1) is 18.3 Å². The van der Waals surface area contributed by atoms with Crippen LogP contribution in [0.15, 0.2) is 36.5 Å². The SMILES string of the molecule is CCS(=O)(=O)Nc1ccc(-n2cc(-c3cc(C)cc(C(O)C4CCC4)n3)nn2)c(N2CCC3(CC2)CC3)c1. The molecule has 2 N–H and O–H groups in total. The van der Waals surface area contributed by atoms with Crippen molar-refractivity contribution in [1.82, 2.24) is 20.0 Å². The molecule has 1 aromatic carbocycles. The van der Waals surface area contributed by atoms with E-state index in [0.29, 0.717) is 28.2 Å². The molecule has 9 nitrogen and oxygen atoms in total. The summed E-state index contributed by atoms with van der Waals surface area (Å²) in [5.41, 5.74) is 5.89. The Labute approximate surface area is 224 Å². The first-order valence-corrected chi connectivity index (χ1v) is 15.4. The number of hydrogen-bond acceptors (Lipinski definition) is 7. The van der Waals surface area contributed by atoms with E-state index in [0.717, 1.165) is 62.1 Å². The number of aliphatic hydroxyl groups excluding tert-OH is 1. The van der Waals surface area contributed by atoms with E-state index in [1.165, 1.54) is 12.8 Å². The zero-order valence-corrected chi connectivity index (χ0v) is 22.9. The maximum Gasteiger partial charge on any atom is 0.232 e. The van der Waals surface area contributed by atoms with Crippen LogP contribution in [0.2, 0.25) is 0 Å². The molecule has 3 heterocycles. The first kappa shape index (κ1) is 25.3. The van der Waals surface area contributed by atoms with Crippen molar-refractivity contribution in [2.75, 3.05) is 28.5 Å². The third-order valence-electron chi connectivity index (χ3n) is 8.64. The summed E-state index contributed by atoms with van der Waals surface area (Å²) in [4.78, 5) is 7.10. The second kappa shape index (κ2) is 9.64. The summed E-state index contributed by atoms with van der Waals surface area (Å²) in [6.07, 6.45) is 9.47. The van der Waals surface area contributed by atoms with Crippen LogP contribution in [-0.2, 0) is 10.0 Å². The zero-order valence-electron chi connectivity index (χ0n) is 22.1. The van der Waals surface area contributed by atoms with Gasteiger partial charge in [0.1, 0.15) is 5.69 Å². The number of aliphatic hydroxyl groups is 1. The largest absolute Gasteiger partial charge is 0.387 e. The average molecular weight is 537 g/mol. The van der Waals surface area contributed by atoms with Crippen molar-refractivity contribution in [2.24, 2.45) is 11.3 Å². The molecular formula is C28H36N6O3S. The number of sulfonamides is 1. The van der Waals surface area contributed by atoms with E-state index >= 15 is 0 Å². The molecule has 3 aromatic rings. The van der Waals surface area contributed by atoms with E-state index in [1.54, 1.807) is 17.7 Å². The highest BCUT2D eigenvalue weighted by molar-refractivity contribution is 7.92. The molecule has 3 aliphatic rings. The van der Waals surface area contributed by atoms with Gasteiger partial charge in [0, 0.05) is 13.1 Å². The number of pyridine rings is 1. The Kier molecular flexibility index (Phi) is 6.42. The van der Waals surface area contributed by atoms with Crippen LogP contribution in [0.4, 0.5) is 11.4 Å². The number of piperidine rings is 1. The van der Waals surface area contributed by atoms with E-state index in [-0.39, 0.29) is 11.7 Å². The number of aromatic nitrogens is 4. The fraction of sp³-hybridized carbons (Fsp3) is 0.536. The van der Waals surface area contributed by atoms with Crippen LogP contribution in [0.25, 0.3) is 17.1 Å². The fourth-order valence-electron chi connectivity index (χ4n) is 5.66. The van der Waals surface area contributed by atoms with Gasteiger partial charge in [-0.1, -0.05) is 11.6 Å². The van der Waals surface area contributed by atoms with Gasteiger partial charge < -0.3 is 10.0 Å². The molecule has 1 unspecified atom stereocenters. The van der Waals surface area contributed by atoms with E-state index in [1.807, 2.05) is 37.4 Å². The lowest BCUT2D eigenvalue weighted by Crippen LogP contribution is -2.35. The first-order chi connectivity index (χ1) is 18.2. The quantitative estimate of drug-likeness (QED) is 0.432. The van der Waals surface area contributed by atoms with Crippen molar-refractivity contribution < 1.29 is 13.5 Å². The minimum absolute atomic E-state index is 0.0175. The van der Waals surface area contributed by atoms with Crippen molar-refractivity contribution >= 4 is 21.4 Å². The number of nitrogens with one attached hydrogen (secondary N) is 1. The molecule has 1 atom stereocenters. The standard InChI is InChI=1S/C28H36N6O3S/c1-3-38(36,37)31-21-7-8-25(26(17-21)33-13-11-28(9-10-28)12-14-33)34-18-24(30-32-34)22-15-19(2)16-23(29-22)27(35)20-5-4-6-20/h7-8,15-18,20,27,31,35H,3-6,9-14H2,1-2H3. The number of nitrogens with zero attached hydrogens (tertiary/aromatic N) is 5. The van der Waals surface area contributed by atoms with Gasteiger partial charge in [0.25, 0.3) is 0 Å². The summed E-state index contributed by atoms with van der Waals surface area (Å²) in [5, 5.41) is 19.7. The second-order valence-electron chi connectivity index (χ2n) is 11.3. The fourth-order valence-corrected chi connectivity index (χ4v) is 6.29. The lowest BCUT2D eigenvalue weighted by molar-refractivity contribution is 0.0587. The van der Waals surface area contributed by atoms with Crippen molar-refractivity contribution in [1.29, 1.82) is 0 Å². The monoisotopic (exact) mass is 536 g/mol. The molecule has 1 saturated heterocycles. The van der Waals surface area contributed by atoms with E-state index in [2.05, 4.69) is 19.9 Å². The maximum absolute atomic E-state index is 12.3. The van der Waals surface area contributed by atoms with E-state index < -0.39 is 16.1 Å². The molecule has 6 rings (SSSR count). The number of rotatable bonds is 8. The number of anilines is 2. The lowest BCUT2D eigenvalue weighted by Gasteiger charge is -2.35. The molecule has 202 valence electrons. The molecule has 38 heavy (non-hydrogen) atoms. The second-order valence-corrected chi connectivity index (χ2v) is 13.3. The minimum atomic E-state index is -3.39. The number of benzene rings is 1. The smallest absolute Gasteiger partial charge is 0.232 e. The van der Waals surface area contributed by atoms with Gasteiger partial charge in [0.15, 0.2) is 0 Å². The van der Waals surface area contributed by atoms with Crippen LogP contribution in [0.3, 0.4) is 0 Å². The molecular weight excluding hydrogens is 500 g/mol. The van der Waals surface area contributed by atoms with Gasteiger partial charge >= 0.3 is 0 Å². The molecule has 0 bridgehead atoms. The molecule has 0 amide bonds. The number of aryl methyl sites for hydroxylation is 1. The molecule has 3 fully saturated rings. The Bertz CT molecular complexity index is 1430. The predicted octanol–water partition coefficient (Wildman–Crippen LogP) is 4.61. The Hall–Kier alpha value is -2.98. The summed E-state index contributed by atoms with van der Waals surface area (Å²) < 4.78 is 29.0. The Morgan fingerprint density at radius 3 is 2.50 bits per heavy atom. The molecule has 2 saturated carbocycles. The topological polar surface area (TPSA) is 113 Å². The van der Waals surface area contributed by atoms with Crippen molar-refractivity contribution in [2.45, 2.75) is 64.9 Å². The highest BCUT2D eigenvalue weighted by atomic mass is 32.2. The van der Waals surface area contributed by atoms with Crippen LogP contribution < -0.4 is 9.62 Å². The van der Waals surface area contributed by atoms with Crippen LogP contribution in [0.5, 0.6) is 0 Å². The average Bonchev–Trinajstić information content (AvgIpc) is 3.43. The van der Waals surface area contributed by atoms with Gasteiger partial charge in [0.2, 0.25) is 10.0 Å². The molecule has 1 aliphatic heterocycles. The van der Waals surface area contributed by atoms with Gasteiger partial charge in [0.05, 0.1) is 46.5 Å². The van der Waals surface area contributed by atoms with Gasteiger partial charge in [-0.15, -0.1) is 5.10 Å². The van der Waals surface area contributed by atoms with Crippen molar-refractivity contribution in [3.05, 3.63) is 47.8 Å². The van der Waals surface area contributed by atoms with E-state index in [9.17, 15) is 13.5 Å². The third kappa shape index (κ3) is 5.03. The van der Waals surface area contributed by atoms with Gasteiger partial charge in [-0.2, -0.15) is 0 Å². The Morgan fingerprint density at radius 2 is 1.84 bits per heavy atom. The third-order valence-corrected chi connectivity index (χ3v) is 9.95. The van der Waals surface area contributed by atoms with Crippen molar-refractivity contribution in [3.8, 4) is 17.1 Å². The Morgan fingerprint density at radius 1 is 1.08 bits per heavy atom. The van der Waals surface area contributed by atoms with Gasteiger partial charge in [-0.05, 0) is 99.6 Å². The Balaban J connectivity index is 1.33. The molecule has 2 aromatic heterocycles. The highest BCUT2D eigenvalue weighted by Crippen LogP contribution is 2.54. The molecule has 10 heteroatoms. The van der Waals surface area contributed by atoms with Gasteiger partial charge in [-0.3, -0.25) is 4.72 Å². The summed E-state index contributed by atoms with van der Waals surface area (Å²) in [7, 11) is -3.39. The van der Waals surface area contributed by atoms with Gasteiger partial charge in [-0.25, -0.2) is 18.1 Å². The highest BCUT2D eigenvalue weighted by Gasteiger charge is 2.44. The molecule has 1 spiro atoms. The van der Waals surface area contributed by atoms with Crippen LogP contribution in [-0.4, -0.2) is 52.3 Å². The summed E-state index contributed by atoms with van der Waals surface area (Å²) in [5.74, 6) is 0.294. The first-order valence-electron chi connectivity index (χ1n) is 13.7. The maximum atomic E-state index is 12.3. The lowest BCUT2D eigenvalue weighted by atomic mass is 9.80. The minimum Gasteiger partial charge on any atom is -0.387 e. The molecule has 0 radical (unpaired) electrons. The zero-order chi connectivity index (χ0) is 26.5. The normalized spacial score (nSPS) is 19.8. The predicted molar refractivity (Wildman–Crippen MR) is 148 cm³/mol. The number of hydrogen-bond donors (Lipinski definition) is 2. The summed E-state index contributed by atoms with van der Waals surface area (Å²) >= 11 is 0.